The molecule has 6 N–H and O–H groups in total. The van der Waals surface area contributed by atoms with Gasteiger partial charge in [0.25, 0.3) is 0 Å². The molecular weight excluding hydrogens is 442 g/mol. The zero-order valence-electron chi connectivity index (χ0n) is 21.3. The van der Waals surface area contributed by atoms with E-state index in [1.165, 1.54) is 0 Å². The Balaban J connectivity index is 2.10. The number of nitrogens with zero attached hydrogens (tertiary/aromatic N) is 5. The van der Waals surface area contributed by atoms with Crippen molar-refractivity contribution in [2.24, 2.45) is 5.92 Å². The van der Waals surface area contributed by atoms with Crippen molar-refractivity contribution in [2.45, 2.75) is 12.8 Å². The SMILES string of the molecule is CNc1cc(NC)c(-n2c(NC)c(NC)c3c(N4CCCC(C#N)C4)nc(NC)nc32)c(NC)c1. The zero-order valence-corrected chi connectivity index (χ0v) is 21.3. The fourth-order valence-electron chi connectivity index (χ4n) is 4.87. The number of rotatable bonds is 8. The van der Waals surface area contributed by atoms with Gasteiger partial charge in [0.15, 0.2) is 5.65 Å². The lowest BCUT2D eigenvalue weighted by atomic mass is 9.99. The third kappa shape index (κ3) is 4.05. The lowest BCUT2D eigenvalue weighted by molar-refractivity contribution is 0.491. The molecule has 1 aliphatic heterocycles. The Morgan fingerprint density at radius 2 is 1.63 bits per heavy atom. The summed E-state index contributed by atoms with van der Waals surface area (Å²) in [6.07, 6.45) is 1.86. The highest BCUT2D eigenvalue weighted by Gasteiger charge is 2.30. The van der Waals surface area contributed by atoms with Crippen molar-refractivity contribution in [3.05, 3.63) is 12.1 Å². The number of fused-ring (bicyclic) bond motifs is 1. The molecule has 2 aromatic heterocycles. The third-order valence-corrected chi connectivity index (χ3v) is 6.57. The molecule has 1 atom stereocenters. The second kappa shape index (κ2) is 10.0. The standard InChI is InChI=1S/C24H35N11/c1-26-15-10-16(27-2)20(17(11-15)28-3)35-22-18(19(29-4)23(35)30-5)21(32-24(31-6)33-22)34-9-7-8-14(12-25)13-34/h10-11,14,26-30H,7-9,13H2,1-6H3,(H,31,32,33). The molecule has 0 bridgehead atoms. The van der Waals surface area contributed by atoms with Crippen LogP contribution in [0.4, 0.5) is 40.3 Å². The number of hydrogen-bond acceptors (Lipinski definition) is 10. The Morgan fingerprint density at radius 3 is 2.17 bits per heavy atom. The molecule has 0 saturated carbocycles. The minimum absolute atomic E-state index is 0.0171. The van der Waals surface area contributed by atoms with Crippen LogP contribution in [-0.4, -0.2) is 69.9 Å². The second-order valence-corrected chi connectivity index (χ2v) is 8.46. The van der Waals surface area contributed by atoms with Gasteiger partial charge in [-0.25, -0.2) is 0 Å². The van der Waals surface area contributed by atoms with Gasteiger partial charge in [0, 0.05) is 61.1 Å². The number of aromatic nitrogens is 3. The Labute approximate surface area is 206 Å². The van der Waals surface area contributed by atoms with E-state index in [2.05, 4.69) is 59.6 Å². The zero-order chi connectivity index (χ0) is 25.1. The molecule has 1 fully saturated rings. The number of hydrogen-bond donors (Lipinski definition) is 6. The molecule has 0 spiro atoms. The number of piperidine rings is 1. The van der Waals surface area contributed by atoms with Crippen LogP contribution in [-0.2, 0) is 0 Å². The summed E-state index contributed by atoms with van der Waals surface area (Å²) in [7, 11) is 11.4. The van der Waals surface area contributed by atoms with Gasteiger partial charge in [-0.3, -0.25) is 4.57 Å². The van der Waals surface area contributed by atoms with Crippen LogP contribution in [0.1, 0.15) is 12.8 Å². The van der Waals surface area contributed by atoms with Crippen LogP contribution in [0.15, 0.2) is 12.1 Å². The van der Waals surface area contributed by atoms with Crippen molar-refractivity contribution in [1.82, 2.24) is 14.5 Å². The first-order valence-corrected chi connectivity index (χ1v) is 11.9. The van der Waals surface area contributed by atoms with E-state index in [9.17, 15) is 5.26 Å². The maximum atomic E-state index is 9.60. The number of benzene rings is 1. The summed E-state index contributed by atoms with van der Waals surface area (Å²) < 4.78 is 2.12. The topological polar surface area (TPSA) is 130 Å². The quantitative estimate of drug-likeness (QED) is 0.287. The van der Waals surface area contributed by atoms with Gasteiger partial charge < -0.3 is 36.8 Å². The van der Waals surface area contributed by atoms with Gasteiger partial charge in [0.2, 0.25) is 5.95 Å². The van der Waals surface area contributed by atoms with Crippen molar-refractivity contribution in [2.75, 3.05) is 92.2 Å². The summed E-state index contributed by atoms with van der Waals surface area (Å²) in [5, 5.41) is 30.4. The molecule has 0 radical (unpaired) electrons. The summed E-state index contributed by atoms with van der Waals surface area (Å²) in [5.74, 6) is 2.20. The van der Waals surface area contributed by atoms with Gasteiger partial charge in [0.1, 0.15) is 11.6 Å². The summed E-state index contributed by atoms with van der Waals surface area (Å²) in [6, 6.07) is 6.59. The summed E-state index contributed by atoms with van der Waals surface area (Å²) >= 11 is 0. The Hall–Kier alpha value is -4.07. The monoisotopic (exact) mass is 477 g/mol. The van der Waals surface area contributed by atoms with Crippen molar-refractivity contribution in [1.29, 1.82) is 5.26 Å². The van der Waals surface area contributed by atoms with Crippen LogP contribution < -0.4 is 36.8 Å². The molecule has 0 aliphatic carbocycles. The maximum absolute atomic E-state index is 9.60. The van der Waals surface area contributed by atoms with Crippen molar-refractivity contribution < 1.29 is 0 Å². The normalized spacial score (nSPS) is 15.5. The van der Waals surface area contributed by atoms with Crippen LogP contribution >= 0.6 is 0 Å². The Kier molecular flexibility index (Phi) is 6.91. The highest BCUT2D eigenvalue weighted by molar-refractivity contribution is 6.08. The van der Waals surface area contributed by atoms with Crippen molar-refractivity contribution in [3.63, 3.8) is 0 Å². The molecule has 1 aromatic carbocycles. The Bertz CT molecular complexity index is 1230. The number of anilines is 7. The minimum Gasteiger partial charge on any atom is -0.388 e. The van der Waals surface area contributed by atoms with E-state index in [0.29, 0.717) is 12.5 Å². The van der Waals surface area contributed by atoms with Gasteiger partial charge in [-0.05, 0) is 25.0 Å². The first-order valence-electron chi connectivity index (χ1n) is 11.9. The first-order chi connectivity index (χ1) is 17.0. The molecular formula is C24H35N11. The van der Waals surface area contributed by atoms with Gasteiger partial charge in [-0.1, -0.05) is 0 Å². The van der Waals surface area contributed by atoms with Gasteiger partial charge in [-0.15, -0.1) is 0 Å². The molecule has 186 valence electrons. The van der Waals surface area contributed by atoms with E-state index < -0.39 is 0 Å². The van der Waals surface area contributed by atoms with Gasteiger partial charge in [0.05, 0.1) is 40.1 Å². The molecule has 1 saturated heterocycles. The molecule has 1 aliphatic rings. The average molecular weight is 478 g/mol. The fourth-order valence-corrected chi connectivity index (χ4v) is 4.87. The lowest BCUT2D eigenvalue weighted by Crippen LogP contribution is -2.35. The first kappa shape index (κ1) is 24.1. The van der Waals surface area contributed by atoms with E-state index >= 15 is 0 Å². The number of nitrogens with one attached hydrogen (secondary N) is 6. The summed E-state index contributed by atoms with van der Waals surface area (Å²) in [6.45, 7) is 1.49. The van der Waals surface area contributed by atoms with Crippen LogP contribution in [0, 0.1) is 17.2 Å². The minimum atomic E-state index is -0.0171. The lowest BCUT2D eigenvalue weighted by Gasteiger charge is -2.31. The van der Waals surface area contributed by atoms with E-state index in [4.69, 9.17) is 9.97 Å². The molecule has 35 heavy (non-hydrogen) atoms. The maximum Gasteiger partial charge on any atom is 0.226 e. The predicted molar refractivity (Wildman–Crippen MR) is 147 cm³/mol. The van der Waals surface area contributed by atoms with Crippen LogP contribution in [0.2, 0.25) is 0 Å². The van der Waals surface area contributed by atoms with E-state index in [1.807, 2.05) is 42.3 Å². The molecule has 3 heterocycles. The van der Waals surface area contributed by atoms with E-state index in [0.717, 1.165) is 70.5 Å². The second-order valence-electron chi connectivity index (χ2n) is 8.46. The van der Waals surface area contributed by atoms with E-state index in [-0.39, 0.29) is 5.92 Å². The van der Waals surface area contributed by atoms with Crippen LogP contribution in [0.3, 0.4) is 0 Å². The van der Waals surface area contributed by atoms with Crippen molar-refractivity contribution in [3.8, 4) is 11.8 Å². The van der Waals surface area contributed by atoms with Crippen molar-refractivity contribution >= 4 is 51.4 Å². The van der Waals surface area contributed by atoms with Gasteiger partial charge in [-0.2, -0.15) is 15.2 Å². The largest absolute Gasteiger partial charge is 0.388 e. The highest BCUT2D eigenvalue weighted by atomic mass is 15.3. The number of nitriles is 1. The molecule has 1 unspecified atom stereocenters. The van der Waals surface area contributed by atoms with Crippen LogP contribution in [0.5, 0.6) is 0 Å². The molecule has 4 rings (SSSR count). The fraction of sp³-hybridized carbons (Fsp3) is 0.458. The summed E-state index contributed by atoms with van der Waals surface area (Å²) in [5.41, 5.74) is 5.46. The molecule has 11 heteroatoms. The summed E-state index contributed by atoms with van der Waals surface area (Å²) in [4.78, 5) is 12.0. The molecule has 3 aromatic rings. The highest BCUT2D eigenvalue weighted by Crippen LogP contribution is 2.45. The molecule has 0 amide bonds. The van der Waals surface area contributed by atoms with Gasteiger partial charge >= 0.3 is 0 Å². The smallest absolute Gasteiger partial charge is 0.226 e. The average Bonchev–Trinajstić information content (AvgIpc) is 3.24. The Morgan fingerprint density at radius 1 is 0.914 bits per heavy atom. The van der Waals surface area contributed by atoms with E-state index in [1.54, 1.807) is 0 Å². The molecule has 11 nitrogen and oxygen atoms in total. The van der Waals surface area contributed by atoms with Crippen LogP contribution in [0.25, 0.3) is 16.7 Å². The predicted octanol–water partition coefficient (Wildman–Crippen LogP) is 3.41. The third-order valence-electron chi connectivity index (χ3n) is 6.57.